The SMILES string of the molecule is CCC(C)n1nc(-c2cnc(N)c(OC(F)(F)F)c2)cc1C1C2=CC(N(C)C3COC3)CC21. The number of likely N-dealkylation sites (N-methyl/N-ethyl adjacent to an activating group) is 1. The highest BCUT2D eigenvalue weighted by Crippen LogP contribution is 2.61. The smallest absolute Gasteiger partial charge is 0.402 e. The van der Waals surface area contributed by atoms with Gasteiger partial charge in [-0.15, -0.1) is 13.2 Å². The first-order chi connectivity index (χ1) is 15.7. The number of ether oxygens (including phenoxy) is 2. The molecular weight excluding hydrogens is 435 g/mol. The van der Waals surface area contributed by atoms with Crippen LogP contribution in [0.25, 0.3) is 11.3 Å². The van der Waals surface area contributed by atoms with E-state index in [1.807, 2.05) is 10.7 Å². The number of pyridine rings is 1. The van der Waals surface area contributed by atoms with E-state index >= 15 is 0 Å². The molecule has 0 radical (unpaired) electrons. The Hall–Kier alpha value is -2.59. The molecule has 0 bridgehead atoms. The maximum atomic E-state index is 12.7. The average Bonchev–Trinajstić information content (AvgIpc) is 3.07. The number of allylic oxidation sites excluding steroid dienone is 1. The standard InChI is InChI=1S/C23H28F3N5O2/c1-4-12(2)31-19(21-16-6-14(7-17(16)21)30(3)15-10-32-11-15)8-18(29-31)13-5-20(22(27)28-9-13)33-23(24,25)26/h5-6,8-9,12,14-15,17,21H,4,7,10-11H2,1-3H3,(H2,27,28). The Morgan fingerprint density at radius 3 is 2.67 bits per heavy atom. The van der Waals surface area contributed by atoms with Crippen LogP contribution >= 0.6 is 0 Å². The van der Waals surface area contributed by atoms with Gasteiger partial charge < -0.3 is 15.2 Å². The van der Waals surface area contributed by atoms with Gasteiger partial charge in [-0.05, 0) is 44.9 Å². The largest absolute Gasteiger partial charge is 0.573 e. The minimum absolute atomic E-state index is 0.161. The van der Waals surface area contributed by atoms with Crippen LogP contribution < -0.4 is 10.5 Å². The topological polar surface area (TPSA) is 78.4 Å². The Labute approximate surface area is 190 Å². The lowest BCUT2D eigenvalue weighted by atomic mass is 10.0. The van der Waals surface area contributed by atoms with Crippen molar-refractivity contribution in [1.29, 1.82) is 0 Å². The second-order valence-electron chi connectivity index (χ2n) is 9.22. The van der Waals surface area contributed by atoms with Crippen molar-refractivity contribution in [1.82, 2.24) is 19.7 Å². The van der Waals surface area contributed by atoms with E-state index in [1.165, 1.54) is 17.8 Å². The maximum absolute atomic E-state index is 12.7. The lowest BCUT2D eigenvalue weighted by Gasteiger charge is -2.38. The molecule has 7 nitrogen and oxygen atoms in total. The fourth-order valence-electron chi connectivity index (χ4n) is 4.89. The van der Waals surface area contributed by atoms with Crippen LogP contribution in [0.2, 0.25) is 0 Å². The first-order valence-corrected chi connectivity index (χ1v) is 11.3. The molecule has 1 saturated heterocycles. The fraction of sp³-hybridized carbons (Fsp3) is 0.565. The summed E-state index contributed by atoms with van der Waals surface area (Å²) in [5.74, 6) is -0.0438. The summed E-state index contributed by atoms with van der Waals surface area (Å²) in [4.78, 5) is 6.30. The van der Waals surface area contributed by atoms with Gasteiger partial charge in [0.2, 0.25) is 0 Å². The highest BCUT2D eigenvalue weighted by Gasteiger charge is 2.53. The van der Waals surface area contributed by atoms with Crippen molar-refractivity contribution in [3.8, 4) is 17.0 Å². The van der Waals surface area contributed by atoms with Crippen LogP contribution in [0, 0.1) is 5.92 Å². The number of rotatable bonds is 7. The highest BCUT2D eigenvalue weighted by atomic mass is 19.4. The van der Waals surface area contributed by atoms with Crippen LogP contribution in [0.1, 0.15) is 44.3 Å². The van der Waals surface area contributed by atoms with Gasteiger partial charge in [0, 0.05) is 35.5 Å². The minimum Gasteiger partial charge on any atom is -0.402 e. The van der Waals surface area contributed by atoms with Crippen molar-refractivity contribution in [2.45, 2.75) is 57.1 Å². The van der Waals surface area contributed by atoms with E-state index in [-0.39, 0.29) is 11.9 Å². The summed E-state index contributed by atoms with van der Waals surface area (Å²) in [7, 11) is 2.16. The number of hydrogen-bond acceptors (Lipinski definition) is 6. The fourth-order valence-corrected chi connectivity index (χ4v) is 4.89. The predicted molar refractivity (Wildman–Crippen MR) is 117 cm³/mol. The van der Waals surface area contributed by atoms with Crippen LogP contribution in [-0.4, -0.2) is 58.4 Å². The molecule has 1 aliphatic heterocycles. The van der Waals surface area contributed by atoms with Crippen LogP contribution in [0.15, 0.2) is 30.0 Å². The van der Waals surface area contributed by atoms with E-state index in [2.05, 4.69) is 41.6 Å². The first-order valence-electron chi connectivity index (χ1n) is 11.3. The van der Waals surface area contributed by atoms with Crippen molar-refractivity contribution in [2.75, 3.05) is 26.0 Å². The van der Waals surface area contributed by atoms with Gasteiger partial charge in [0.15, 0.2) is 11.6 Å². The summed E-state index contributed by atoms with van der Waals surface area (Å²) >= 11 is 0. The quantitative estimate of drug-likeness (QED) is 0.622. The molecule has 2 aromatic rings. The Morgan fingerprint density at radius 1 is 1.33 bits per heavy atom. The second kappa shape index (κ2) is 8.02. The predicted octanol–water partition coefficient (Wildman–Crippen LogP) is 4.14. The Kier molecular flexibility index (Phi) is 5.40. The first kappa shape index (κ1) is 22.2. The summed E-state index contributed by atoms with van der Waals surface area (Å²) < 4.78 is 49.6. The van der Waals surface area contributed by atoms with Crippen molar-refractivity contribution < 1.29 is 22.6 Å². The molecule has 3 aliphatic rings. The number of aromatic nitrogens is 3. The molecule has 1 saturated carbocycles. The molecule has 178 valence electrons. The monoisotopic (exact) mass is 463 g/mol. The number of hydrogen-bond donors (Lipinski definition) is 1. The third kappa shape index (κ3) is 4.10. The lowest BCUT2D eigenvalue weighted by Crippen LogP contribution is -2.50. The summed E-state index contributed by atoms with van der Waals surface area (Å²) in [5.41, 5.74) is 9.12. The number of nitrogens with zero attached hydrogens (tertiary/aromatic N) is 4. The molecule has 3 heterocycles. The summed E-state index contributed by atoms with van der Waals surface area (Å²) in [6.45, 7) is 5.78. The molecule has 0 amide bonds. The van der Waals surface area contributed by atoms with E-state index in [4.69, 9.17) is 15.6 Å². The van der Waals surface area contributed by atoms with Gasteiger partial charge in [0.25, 0.3) is 0 Å². The molecule has 4 atom stereocenters. The third-order valence-electron chi connectivity index (χ3n) is 7.18. The van der Waals surface area contributed by atoms with Crippen LogP contribution in [0.4, 0.5) is 19.0 Å². The highest BCUT2D eigenvalue weighted by molar-refractivity contribution is 5.65. The van der Waals surface area contributed by atoms with Gasteiger partial charge in [-0.2, -0.15) is 5.10 Å². The number of alkyl halides is 3. The van der Waals surface area contributed by atoms with E-state index < -0.39 is 12.1 Å². The molecule has 2 aliphatic carbocycles. The van der Waals surface area contributed by atoms with Crippen LogP contribution in [0.5, 0.6) is 5.75 Å². The molecular formula is C23H28F3N5O2. The zero-order valence-electron chi connectivity index (χ0n) is 18.8. The lowest BCUT2D eigenvalue weighted by molar-refractivity contribution is -0.274. The van der Waals surface area contributed by atoms with Gasteiger partial charge in [-0.1, -0.05) is 18.6 Å². The van der Waals surface area contributed by atoms with E-state index in [0.717, 1.165) is 31.7 Å². The van der Waals surface area contributed by atoms with Gasteiger partial charge in [-0.3, -0.25) is 9.58 Å². The number of fused-ring (bicyclic) bond motifs is 1. The third-order valence-corrected chi connectivity index (χ3v) is 7.18. The average molecular weight is 464 g/mol. The summed E-state index contributed by atoms with van der Waals surface area (Å²) in [6.07, 6.45) is 0.926. The zero-order valence-corrected chi connectivity index (χ0v) is 18.8. The molecule has 2 aromatic heterocycles. The molecule has 2 N–H and O–H groups in total. The molecule has 0 aromatic carbocycles. The Morgan fingerprint density at radius 2 is 2.09 bits per heavy atom. The van der Waals surface area contributed by atoms with Crippen molar-refractivity contribution >= 4 is 5.82 Å². The summed E-state index contributed by atoms with van der Waals surface area (Å²) in [6, 6.07) is 4.30. The summed E-state index contributed by atoms with van der Waals surface area (Å²) in [5, 5.41) is 4.76. The molecule has 4 unspecified atom stereocenters. The van der Waals surface area contributed by atoms with E-state index in [0.29, 0.717) is 35.2 Å². The van der Waals surface area contributed by atoms with Gasteiger partial charge in [0.1, 0.15) is 0 Å². The van der Waals surface area contributed by atoms with E-state index in [9.17, 15) is 13.2 Å². The molecule has 10 heteroatoms. The zero-order chi connectivity index (χ0) is 23.5. The molecule has 33 heavy (non-hydrogen) atoms. The van der Waals surface area contributed by atoms with E-state index in [1.54, 1.807) is 0 Å². The molecule has 2 fully saturated rings. The van der Waals surface area contributed by atoms with Gasteiger partial charge in [0.05, 0.1) is 24.9 Å². The maximum Gasteiger partial charge on any atom is 0.573 e. The Bertz CT molecular complexity index is 1080. The van der Waals surface area contributed by atoms with Crippen LogP contribution in [0.3, 0.4) is 0 Å². The number of nitrogens with two attached hydrogens (primary N) is 1. The molecule has 5 rings (SSSR count). The van der Waals surface area contributed by atoms with Crippen molar-refractivity contribution in [3.05, 3.63) is 35.7 Å². The second-order valence-corrected chi connectivity index (χ2v) is 9.22. The normalized spacial score (nSPS) is 25.5. The van der Waals surface area contributed by atoms with Crippen molar-refractivity contribution in [3.63, 3.8) is 0 Å². The minimum atomic E-state index is -4.84. The van der Waals surface area contributed by atoms with Gasteiger partial charge >= 0.3 is 6.36 Å². The number of anilines is 1. The Balaban J connectivity index is 1.43. The number of nitrogen functional groups attached to an aromatic ring is 1. The number of halogens is 3. The van der Waals surface area contributed by atoms with Crippen molar-refractivity contribution in [2.24, 2.45) is 5.92 Å². The molecule has 0 spiro atoms. The van der Waals surface area contributed by atoms with Crippen LogP contribution in [-0.2, 0) is 4.74 Å². The van der Waals surface area contributed by atoms with Gasteiger partial charge in [-0.25, -0.2) is 4.98 Å².